The Morgan fingerprint density at radius 2 is 1.05 bits per heavy atom. The minimum Gasteiger partial charge on any atom is -0.233 e. The fourth-order valence-electron chi connectivity index (χ4n) is 0.481. The van der Waals surface area contributed by atoms with E-state index in [1.807, 2.05) is 13.8 Å². The molecule has 0 aromatic heterocycles. The van der Waals surface area contributed by atoms with E-state index in [1.54, 1.807) is 6.21 Å². The number of aliphatic imine (C=N–C) groups is 1. The molecule has 0 radical (unpaired) electrons. The highest BCUT2D eigenvalue weighted by atomic mass is 19.1. The molecule has 0 spiro atoms. The second kappa shape index (κ2) is 24.4. The van der Waals surface area contributed by atoms with E-state index < -0.39 is 0 Å². The Bertz CT molecular complexity index is 193. The number of rotatable bonds is 0. The van der Waals surface area contributed by atoms with Crippen LogP contribution in [0.1, 0.15) is 89.0 Å². The van der Waals surface area contributed by atoms with Crippen molar-refractivity contribution in [1.29, 1.82) is 0 Å². The lowest BCUT2D eigenvalue weighted by atomic mass is 10.3. The molecule has 0 aromatic rings. The zero-order valence-corrected chi connectivity index (χ0v) is 16.6. The summed E-state index contributed by atoms with van der Waals surface area (Å²) in [5.41, 5.74) is 0. The fourth-order valence-corrected chi connectivity index (χ4v) is 0.481. The topological polar surface area (TPSA) is 12.4 Å². The highest BCUT2D eigenvalue weighted by Crippen LogP contribution is 2.05. The second-order valence-corrected chi connectivity index (χ2v) is 6.61. The van der Waals surface area contributed by atoms with E-state index in [2.05, 4.69) is 67.3 Å². The van der Waals surface area contributed by atoms with Crippen molar-refractivity contribution in [1.82, 2.24) is 0 Å². The summed E-state index contributed by atoms with van der Waals surface area (Å²) < 4.78 is 11.8. The third-order valence-electron chi connectivity index (χ3n) is 0.823. The van der Waals surface area contributed by atoms with Gasteiger partial charge < -0.3 is 0 Å². The van der Waals surface area contributed by atoms with Crippen molar-refractivity contribution in [2.45, 2.75) is 89.0 Å². The first-order valence-corrected chi connectivity index (χ1v) is 8.47. The molecule has 1 aliphatic rings. The molecule has 0 aliphatic carbocycles. The zero-order valence-electron chi connectivity index (χ0n) is 16.6. The van der Waals surface area contributed by atoms with E-state index in [0.29, 0.717) is 0 Å². The Kier molecular flexibility index (Phi) is 33.1. The molecule has 1 rings (SSSR count). The highest BCUT2D eigenvalue weighted by molar-refractivity contribution is 5.59. The van der Waals surface area contributed by atoms with Crippen LogP contribution in [0.3, 0.4) is 0 Å². The van der Waals surface area contributed by atoms with Gasteiger partial charge in [0.25, 0.3) is 0 Å². The Labute approximate surface area is 135 Å². The summed E-state index contributed by atoms with van der Waals surface area (Å²) in [4.78, 5) is 3.40. The molecule has 1 nitrogen and oxygen atoms in total. The molecular weight excluding hydrogens is 261 g/mol. The van der Waals surface area contributed by atoms with Gasteiger partial charge in [0.15, 0.2) is 0 Å². The molecule has 0 saturated heterocycles. The molecule has 0 amide bonds. The largest absolute Gasteiger partial charge is 0.233 e. The maximum Gasteiger partial charge on any atom is 0.208 e. The van der Waals surface area contributed by atoms with Crippen molar-refractivity contribution >= 4 is 6.21 Å². The highest BCUT2D eigenvalue weighted by Gasteiger charge is 1.91. The van der Waals surface area contributed by atoms with Gasteiger partial charge in [0.2, 0.25) is 5.95 Å². The van der Waals surface area contributed by atoms with Gasteiger partial charge >= 0.3 is 0 Å². The minimum atomic E-state index is -0.341. The number of hydrogen-bond acceptors (Lipinski definition) is 1. The average Bonchev–Trinajstić information content (AvgIpc) is 2.30. The molecule has 0 N–H and O–H groups in total. The van der Waals surface area contributed by atoms with Gasteiger partial charge in [0.1, 0.15) is 0 Å². The lowest BCUT2D eigenvalue weighted by molar-refractivity contribution is 0.617. The SMILES string of the molecule is CC.CC(C)C.CC(C)C.CC(C)C.FC1=CCCC=N1. The van der Waals surface area contributed by atoms with E-state index in [1.165, 1.54) is 6.08 Å². The third kappa shape index (κ3) is 108. The van der Waals surface area contributed by atoms with Crippen LogP contribution in [0, 0.1) is 17.8 Å². The van der Waals surface area contributed by atoms with Gasteiger partial charge in [-0.05, 0) is 36.7 Å². The van der Waals surface area contributed by atoms with Gasteiger partial charge in [-0.2, -0.15) is 4.39 Å². The van der Waals surface area contributed by atoms with Gasteiger partial charge in [-0.15, -0.1) is 0 Å². The number of nitrogens with zero attached hydrogens (tertiary/aromatic N) is 1. The Balaban J connectivity index is -0.0000000920. The Hall–Kier alpha value is -0.660. The summed E-state index contributed by atoms with van der Waals surface area (Å²) in [6.07, 6.45) is 4.76. The molecule has 0 bridgehead atoms. The van der Waals surface area contributed by atoms with Crippen LogP contribution in [0.15, 0.2) is 17.0 Å². The van der Waals surface area contributed by atoms with Crippen molar-refractivity contribution in [2.24, 2.45) is 22.7 Å². The third-order valence-corrected chi connectivity index (χ3v) is 0.823. The van der Waals surface area contributed by atoms with Crippen LogP contribution in [0.25, 0.3) is 0 Å². The predicted octanol–water partition coefficient (Wildman–Crippen LogP) is 7.68. The fraction of sp³-hybridized carbons (Fsp3) is 0.842. The molecule has 0 atom stereocenters. The van der Waals surface area contributed by atoms with Crippen LogP contribution in [-0.2, 0) is 0 Å². The first-order chi connectivity index (χ1) is 9.59. The number of halogens is 1. The number of hydrogen-bond donors (Lipinski definition) is 0. The minimum absolute atomic E-state index is 0.341. The van der Waals surface area contributed by atoms with Crippen molar-refractivity contribution in [2.75, 3.05) is 0 Å². The van der Waals surface area contributed by atoms with Crippen LogP contribution >= 0.6 is 0 Å². The van der Waals surface area contributed by atoms with Gasteiger partial charge in [-0.1, -0.05) is 76.2 Å². The first kappa shape index (κ1) is 28.5. The van der Waals surface area contributed by atoms with Gasteiger partial charge in [0.05, 0.1) is 0 Å². The van der Waals surface area contributed by atoms with E-state index >= 15 is 0 Å². The summed E-state index contributed by atoms with van der Waals surface area (Å²) in [5, 5.41) is 0. The van der Waals surface area contributed by atoms with E-state index in [9.17, 15) is 4.39 Å². The van der Waals surface area contributed by atoms with E-state index in [4.69, 9.17) is 0 Å². The molecule has 0 fully saturated rings. The summed E-state index contributed by atoms with van der Waals surface area (Å²) >= 11 is 0. The lowest BCUT2D eigenvalue weighted by Crippen LogP contribution is -1.81. The monoisotopic (exact) mass is 303 g/mol. The van der Waals surface area contributed by atoms with Gasteiger partial charge in [-0.3, -0.25) is 0 Å². The average molecular weight is 304 g/mol. The molecule has 1 heterocycles. The summed E-state index contributed by atoms with van der Waals surface area (Å²) in [6, 6.07) is 0. The molecule has 130 valence electrons. The first-order valence-electron chi connectivity index (χ1n) is 8.47. The molecule has 1 aliphatic heterocycles. The van der Waals surface area contributed by atoms with Crippen LogP contribution in [-0.4, -0.2) is 6.21 Å². The van der Waals surface area contributed by atoms with Gasteiger partial charge in [-0.25, -0.2) is 4.99 Å². The zero-order chi connectivity index (χ0) is 17.8. The van der Waals surface area contributed by atoms with Crippen LogP contribution in [0.2, 0.25) is 0 Å². The lowest BCUT2D eigenvalue weighted by Gasteiger charge is -1.92. The summed E-state index contributed by atoms with van der Waals surface area (Å²) in [5.74, 6) is 2.16. The molecule has 0 saturated carbocycles. The van der Waals surface area contributed by atoms with Crippen LogP contribution in [0.5, 0.6) is 0 Å². The standard InChI is InChI=1S/C5H6FN.3C4H10.C2H6/c6-5-3-1-2-4-7-5;3*1-4(2)3;1-2/h3-4H,1-2H2;3*4H,1-3H3;1-2H3. The molecule has 2 heteroatoms. The van der Waals surface area contributed by atoms with E-state index in [0.717, 1.165) is 30.6 Å². The summed E-state index contributed by atoms with van der Waals surface area (Å²) in [6.45, 7) is 23.5. The van der Waals surface area contributed by atoms with Crippen LogP contribution < -0.4 is 0 Å². The van der Waals surface area contributed by atoms with Crippen molar-refractivity contribution < 1.29 is 4.39 Å². The molecule has 0 unspecified atom stereocenters. The second-order valence-electron chi connectivity index (χ2n) is 6.61. The Morgan fingerprint density at radius 3 is 1.14 bits per heavy atom. The molecular formula is C19H42FN. The normalized spacial score (nSPS) is 11.9. The maximum absolute atomic E-state index is 11.8. The van der Waals surface area contributed by atoms with Crippen LogP contribution in [0.4, 0.5) is 4.39 Å². The molecule has 21 heavy (non-hydrogen) atoms. The van der Waals surface area contributed by atoms with Gasteiger partial charge in [0, 0.05) is 6.21 Å². The quantitative estimate of drug-likeness (QED) is 0.407. The maximum atomic E-state index is 11.8. The number of allylic oxidation sites excluding steroid dienone is 1. The van der Waals surface area contributed by atoms with E-state index in [-0.39, 0.29) is 5.95 Å². The predicted molar refractivity (Wildman–Crippen MR) is 99.8 cm³/mol. The van der Waals surface area contributed by atoms with Crippen molar-refractivity contribution in [3.8, 4) is 0 Å². The van der Waals surface area contributed by atoms with Crippen molar-refractivity contribution in [3.05, 3.63) is 12.0 Å². The molecule has 0 aromatic carbocycles. The van der Waals surface area contributed by atoms with Crippen molar-refractivity contribution in [3.63, 3.8) is 0 Å². The summed E-state index contributed by atoms with van der Waals surface area (Å²) in [7, 11) is 0. The smallest absolute Gasteiger partial charge is 0.208 e. The Morgan fingerprint density at radius 1 is 0.762 bits per heavy atom.